The fourth-order valence-electron chi connectivity index (χ4n) is 5.24. The van der Waals surface area contributed by atoms with Gasteiger partial charge in [-0.05, 0) is 44.0 Å². The van der Waals surface area contributed by atoms with Gasteiger partial charge in [-0.15, -0.1) is 11.3 Å². The molecule has 0 atom stereocenters. The molecule has 10 nitrogen and oxygen atoms in total. The Morgan fingerprint density at radius 3 is 2.65 bits per heavy atom. The molecule has 0 aromatic carbocycles. The van der Waals surface area contributed by atoms with Crippen LogP contribution in [0.1, 0.15) is 42.3 Å². The Labute approximate surface area is 232 Å². The average Bonchev–Trinajstić information content (AvgIpc) is 3.78. The maximum absolute atomic E-state index is 12.6. The number of hydrogen-bond donors (Lipinski definition) is 3. The normalized spacial score (nSPS) is 13.8. The van der Waals surface area contributed by atoms with E-state index in [9.17, 15) is 9.59 Å². The molecule has 1 aliphatic carbocycles. The fourth-order valence-corrected chi connectivity index (χ4v) is 6.15. The van der Waals surface area contributed by atoms with E-state index in [4.69, 9.17) is 4.98 Å². The van der Waals surface area contributed by atoms with Crippen molar-refractivity contribution in [3.05, 3.63) is 60.1 Å². The number of aromatic nitrogens is 7. The molecule has 198 valence electrons. The molecule has 1 fully saturated rings. The molecular formula is C29H24N8O2S. The standard InChI is InChI=1S/C29H24N8O2S/c1-15(38)23-6-7-24(40-23)21-13-31-14-22-25(21)35-28(34-22)26-20-9-18(11-32-27(20)37-36-26)17-8-19(12-30-10-17)33-29(39)16-4-2-3-5-16/h6-14,16H,2-5H2,1H3,(H,33,39)(H,34,35)(H,32,36,37). The van der Waals surface area contributed by atoms with Gasteiger partial charge in [0.25, 0.3) is 0 Å². The van der Waals surface area contributed by atoms with Gasteiger partial charge in [0.05, 0.1) is 33.9 Å². The van der Waals surface area contributed by atoms with E-state index in [0.29, 0.717) is 27.7 Å². The third-order valence-electron chi connectivity index (χ3n) is 7.32. The van der Waals surface area contributed by atoms with Crippen molar-refractivity contribution in [2.45, 2.75) is 32.6 Å². The number of nitrogens with zero attached hydrogens (tertiary/aromatic N) is 5. The van der Waals surface area contributed by atoms with Crippen LogP contribution in [0.25, 0.3) is 55.2 Å². The number of amides is 1. The van der Waals surface area contributed by atoms with Crippen LogP contribution in [-0.4, -0.2) is 46.8 Å². The first kappa shape index (κ1) is 24.3. The summed E-state index contributed by atoms with van der Waals surface area (Å²) in [5, 5.41) is 11.3. The van der Waals surface area contributed by atoms with E-state index in [1.807, 2.05) is 24.3 Å². The van der Waals surface area contributed by atoms with E-state index in [1.165, 1.54) is 11.3 Å². The molecule has 6 heterocycles. The Morgan fingerprint density at radius 2 is 1.82 bits per heavy atom. The quantitative estimate of drug-likeness (QED) is 0.216. The maximum Gasteiger partial charge on any atom is 0.227 e. The molecule has 7 rings (SSSR count). The van der Waals surface area contributed by atoms with E-state index in [-0.39, 0.29) is 17.6 Å². The molecule has 0 aliphatic heterocycles. The van der Waals surface area contributed by atoms with Gasteiger partial charge in [0.1, 0.15) is 11.2 Å². The number of nitrogens with one attached hydrogen (secondary N) is 3. The highest BCUT2D eigenvalue weighted by molar-refractivity contribution is 7.17. The van der Waals surface area contributed by atoms with Crippen molar-refractivity contribution < 1.29 is 9.59 Å². The zero-order chi connectivity index (χ0) is 27.2. The lowest BCUT2D eigenvalue weighted by atomic mass is 10.1. The van der Waals surface area contributed by atoms with Gasteiger partial charge in [-0.1, -0.05) is 12.8 Å². The van der Waals surface area contributed by atoms with Gasteiger partial charge in [-0.25, -0.2) is 9.97 Å². The molecule has 1 amide bonds. The SMILES string of the molecule is CC(=O)c1ccc(-c2cncc3[nH]c(-c4n[nH]c5ncc(-c6cncc(NC(=O)C7CCCC7)c6)cc45)nc23)s1. The third kappa shape index (κ3) is 4.34. The number of anilines is 1. The monoisotopic (exact) mass is 548 g/mol. The van der Waals surface area contributed by atoms with Crippen LogP contribution in [0.5, 0.6) is 0 Å². The largest absolute Gasteiger partial charge is 0.335 e. The molecule has 0 spiro atoms. The van der Waals surface area contributed by atoms with Gasteiger partial charge < -0.3 is 10.3 Å². The number of carbonyl (C=O) groups excluding carboxylic acids is 2. The van der Waals surface area contributed by atoms with Gasteiger partial charge in [0.2, 0.25) is 5.91 Å². The zero-order valence-corrected chi connectivity index (χ0v) is 22.4. The van der Waals surface area contributed by atoms with E-state index >= 15 is 0 Å². The number of pyridine rings is 3. The van der Waals surface area contributed by atoms with E-state index < -0.39 is 0 Å². The summed E-state index contributed by atoms with van der Waals surface area (Å²) < 4.78 is 0. The minimum absolute atomic E-state index is 0.0299. The molecule has 0 bridgehead atoms. The van der Waals surface area contributed by atoms with E-state index in [1.54, 1.807) is 37.9 Å². The lowest BCUT2D eigenvalue weighted by molar-refractivity contribution is -0.119. The van der Waals surface area contributed by atoms with Crippen molar-refractivity contribution in [3.63, 3.8) is 0 Å². The molecule has 1 aliphatic rings. The van der Waals surface area contributed by atoms with Crippen molar-refractivity contribution >= 4 is 50.8 Å². The molecule has 6 aromatic heterocycles. The fraction of sp³-hybridized carbons (Fsp3) is 0.207. The first-order chi connectivity index (χ1) is 19.5. The average molecular weight is 549 g/mol. The number of ketones is 1. The molecule has 0 radical (unpaired) electrons. The smallest absolute Gasteiger partial charge is 0.227 e. The predicted octanol–water partition coefficient (Wildman–Crippen LogP) is 6.02. The molecular weight excluding hydrogens is 524 g/mol. The summed E-state index contributed by atoms with van der Waals surface area (Å²) >= 11 is 1.42. The Kier molecular flexibility index (Phi) is 5.93. The summed E-state index contributed by atoms with van der Waals surface area (Å²) in [5.74, 6) is 0.738. The highest BCUT2D eigenvalue weighted by Gasteiger charge is 2.23. The van der Waals surface area contributed by atoms with Crippen molar-refractivity contribution in [1.82, 2.24) is 35.1 Å². The second kappa shape index (κ2) is 9.76. The third-order valence-corrected chi connectivity index (χ3v) is 8.54. The number of fused-ring (bicyclic) bond motifs is 2. The number of thiophene rings is 1. The highest BCUT2D eigenvalue weighted by Crippen LogP contribution is 2.35. The summed E-state index contributed by atoms with van der Waals surface area (Å²) in [6.07, 6.45) is 12.8. The van der Waals surface area contributed by atoms with Gasteiger partial charge in [0.15, 0.2) is 17.3 Å². The number of hydrogen-bond acceptors (Lipinski definition) is 8. The summed E-state index contributed by atoms with van der Waals surface area (Å²) in [6.45, 7) is 1.56. The lowest BCUT2D eigenvalue weighted by Gasteiger charge is -2.11. The summed E-state index contributed by atoms with van der Waals surface area (Å²) in [7, 11) is 0. The van der Waals surface area contributed by atoms with Crippen LogP contribution in [-0.2, 0) is 4.79 Å². The second-order valence-corrected chi connectivity index (χ2v) is 11.1. The molecule has 0 saturated heterocycles. The van der Waals surface area contributed by atoms with Crippen LogP contribution < -0.4 is 5.32 Å². The lowest BCUT2D eigenvalue weighted by Crippen LogP contribution is -2.20. The van der Waals surface area contributed by atoms with Crippen molar-refractivity contribution in [3.8, 4) is 33.1 Å². The van der Waals surface area contributed by atoms with Crippen LogP contribution in [0.4, 0.5) is 5.69 Å². The van der Waals surface area contributed by atoms with Gasteiger partial charge in [-0.3, -0.25) is 24.7 Å². The predicted molar refractivity (Wildman–Crippen MR) is 154 cm³/mol. The molecule has 40 heavy (non-hydrogen) atoms. The molecule has 0 unspecified atom stereocenters. The Balaban J connectivity index is 1.24. The van der Waals surface area contributed by atoms with Crippen LogP contribution in [0.15, 0.2) is 55.2 Å². The van der Waals surface area contributed by atoms with Gasteiger partial charge in [-0.2, -0.15) is 5.10 Å². The number of carbonyl (C=O) groups is 2. The summed E-state index contributed by atoms with van der Waals surface area (Å²) in [4.78, 5) is 47.6. The minimum atomic E-state index is 0.0299. The number of aromatic amines is 2. The maximum atomic E-state index is 12.6. The van der Waals surface area contributed by atoms with Crippen molar-refractivity contribution in [2.75, 3.05) is 5.32 Å². The first-order valence-electron chi connectivity index (χ1n) is 13.1. The number of Topliss-reactive ketones (excluding diaryl/α,β-unsaturated/α-hetero) is 1. The number of rotatable bonds is 6. The topological polar surface area (TPSA) is 142 Å². The van der Waals surface area contributed by atoms with Gasteiger partial charge in [0, 0.05) is 46.1 Å². The summed E-state index contributed by atoms with van der Waals surface area (Å²) in [6, 6.07) is 7.65. The molecule has 3 N–H and O–H groups in total. The van der Waals surface area contributed by atoms with Crippen molar-refractivity contribution in [1.29, 1.82) is 0 Å². The van der Waals surface area contributed by atoms with Crippen LogP contribution in [0.3, 0.4) is 0 Å². The van der Waals surface area contributed by atoms with E-state index in [0.717, 1.165) is 63.7 Å². The number of imidazole rings is 1. The minimum Gasteiger partial charge on any atom is -0.335 e. The number of H-pyrrole nitrogens is 2. The second-order valence-electron chi connectivity index (χ2n) is 10.0. The summed E-state index contributed by atoms with van der Waals surface area (Å²) in [5.41, 5.74) is 5.95. The van der Waals surface area contributed by atoms with Crippen LogP contribution in [0.2, 0.25) is 0 Å². The first-order valence-corrected chi connectivity index (χ1v) is 13.9. The van der Waals surface area contributed by atoms with E-state index in [2.05, 4.69) is 35.5 Å². The molecule has 1 saturated carbocycles. The molecule has 6 aromatic rings. The van der Waals surface area contributed by atoms with Crippen LogP contribution >= 0.6 is 11.3 Å². The Bertz CT molecular complexity index is 1910. The zero-order valence-electron chi connectivity index (χ0n) is 21.6. The Morgan fingerprint density at radius 1 is 1.00 bits per heavy atom. The highest BCUT2D eigenvalue weighted by atomic mass is 32.1. The van der Waals surface area contributed by atoms with Crippen molar-refractivity contribution in [2.24, 2.45) is 5.92 Å². The van der Waals surface area contributed by atoms with Gasteiger partial charge >= 0.3 is 0 Å². The van der Waals surface area contributed by atoms with Crippen LogP contribution in [0, 0.1) is 5.92 Å². The Hall–Kier alpha value is -4.77. The molecule has 11 heteroatoms.